The van der Waals surface area contributed by atoms with Gasteiger partial charge >= 0.3 is 0 Å². The van der Waals surface area contributed by atoms with Crippen molar-refractivity contribution in [3.05, 3.63) is 23.8 Å². The molecule has 1 unspecified atom stereocenters. The summed E-state index contributed by atoms with van der Waals surface area (Å²) in [5.41, 5.74) is 5.21. The Morgan fingerprint density at radius 3 is 2.95 bits per heavy atom. The van der Waals surface area contributed by atoms with Crippen LogP contribution in [0, 0.1) is 5.92 Å². The van der Waals surface area contributed by atoms with Gasteiger partial charge in [-0.3, -0.25) is 9.59 Å². The number of ether oxygens (including phenoxy) is 1. The molecule has 0 radical (unpaired) electrons. The lowest BCUT2D eigenvalue weighted by molar-refractivity contribution is -0.122. The molecule has 1 aromatic rings. The lowest BCUT2D eigenvalue weighted by Gasteiger charge is -2.04. The van der Waals surface area contributed by atoms with Crippen LogP contribution in [0.15, 0.2) is 28.4 Å². The van der Waals surface area contributed by atoms with E-state index in [1.165, 1.54) is 19.4 Å². The van der Waals surface area contributed by atoms with Gasteiger partial charge in [0.2, 0.25) is 5.91 Å². The summed E-state index contributed by atoms with van der Waals surface area (Å²) in [4.78, 5) is 23.0. The maximum atomic E-state index is 11.8. The standard InChI is InChI=1S/C13H14N4O4/c1-7-11(15-17-12(7)19)13(20)16-14-6-8-3-4-9(18)10(5-8)21-2/h3-7,18H,1-2H3,(H,16,20)(H,17,19)/b14-6+. The van der Waals surface area contributed by atoms with E-state index in [2.05, 4.69) is 21.1 Å². The normalized spacial score (nSPS) is 17.5. The summed E-state index contributed by atoms with van der Waals surface area (Å²) in [5.74, 6) is -1.17. The number of aromatic hydroxyl groups is 1. The van der Waals surface area contributed by atoms with E-state index in [0.29, 0.717) is 11.3 Å². The fourth-order valence-corrected chi connectivity index (χ4v) is 1.68. The van der Waals surface area contributed by atoms with E-state index in [1.807, 2.05) is 0 Å². The molecule has 1 aliphatic heterocycles. The zero-order valence-electron chi connectivity index (χ0n) is 11.5. The van der Waals surface area contributed by atoms with Gasteiger partial charge in [-0.15, -0.1) is 0 Å². The molecule has 0 fully saturated rings. The summed E-state index contributed by atoms with van der Waals surface area (Å²) in [7, 11) is 1.43. The molecule has 8 nitrogen and oxygen atoms in total. The lowest BCUT2D eigenvalue weighted by Crippen LogP contribution is -2.32. The number of phenolic OH excluding ortho intramolecular Hbond substituents is 1. The molecule has 1 heterocycles. The van der Waals surface area contributed by atoms with E-state index in [0.717, 1.165) is 0 Å². The number of phenols is 1. The highest BCUT2D eigenvalue weighted by atomic mass is 16.5. The molecule has 0 aromatic heterocycles. The van der Waals surface area contributed by atoms with Crippen LogP contribution >= 0.6 is 0 Å². The smallest absolute Gasteiger partial charge is 0.288 e. The number of nitrogens with one attached hydrogen (secondary N) is 2. The first kappa shape index (κ1) is 14.5. The maximum Gasteiger partial charge on any atom is 0.288 e. The average molecular weight is 290 g/mol. The molecule has 2 amide bonds. The van der Waals surface area contributed by atoms with Crippen molar-refractivity contribution in [2.45, 2.75) is 6.92 Å². The van der Waals surface area contributed by atoms with Crippen LogP contribution in [0.2, 0.25) is 0 Å². The second kappa shape index (κ2) is 6.04. The molecule has 2 rings (SSSR count). The third kappa shape index (κ3) is 3.16. The summed E-state index contributed by atoms with van der Waals surface area (Å²) in [6.07, 6.45) is 1.38. The Kier molecular flexibility index (Phi) is 4.17. The number of nitrogens with zero attached hydrogens (tertiary/aromatic N) is 2. The minimum Gasteiger partial charge on any atom is -0.504 e. The van der Waals surface area contributed by atoms with Crippen LogP contribution in [-0.2, 0) is 9.59 Å². The predicted octanol–water partition coefficient (Wildman–Crippen LogP) is -0.0272. The second-order valence-electron chi connectivity index (χ2n) is 4.33. The molecule has 1 aliphatic rings. The van der Waals surface area contributed by atoms with Crippen molar-refractivity contribution in [1.82, 2.24) is 10.9 Å². The van der Waals surface area contributed by atoms with E-state index in [9.17, 15) is 14.7 Å². The second-order valence-corrected chi connectivity index (χ2v) is 4.33. The largest absolute Gasteiger partial charge is 0.504 e. The number of amides is 2. The minimum absolute atomic E-state index is 0.0115. The van der Waals surface area contributed by atoms with E-state index in [1.54, 1.807) is 19.1 Å². The van der Waals surface area contributed by atoms with Gasteiger partial charge in [0.1, 0.15) is 5.71 Å². The van der Waals surface area contributed by atoms with E-state index >= 15 is 0 Å². The number of rotatable bonds is 4. The van der Waals surface area contributed by atoms with Gasteiger partial charge in [-0.25, -0.2) is 10.9 Å². The van der Waals surface area contributed by atoms with Crippen molar-refractivity contribution < 1.29 is 19.4 Å². The highest BCUT2D eigenvalue weighted by Crippen LogP contribution is 2.25. The SMILES string of the molecule is COc1cc(/C=N/NC(=O)C2=NNC(=O)C2C)ccc1O. The first-order chi connectivity index (χ1) is 10.0. The Morgan fingerprint density at radius 1 is 1.57 bits per heavy atom. The molecule has 0 bridgehead atoms. The summed E-state index contributed by atoms with van der Waals surface area (Å²) in [6.45, 7) is 1.58. The van der Waals surface area contributed by atoms with Gasteiger partial charge in [0, 0.05) is 0 Å². The topological polar surface area (TPSA) is 112 Å². The number of hydrogen-bond donors (Lipinski definition) is 3. The number of benzene rings is 1. The average Bonchev–Trinajstić information content (AvgIpc) is 2.80. The van der Waals surface area contributed by atoms with Gasteiger partial charge in [-0.1, -0.05) is 0 Å². The molecule has 0 saturated carbocycles. The number of hydrazone groups is 2. The Morgan fingerprint density at radius 2 is 2.33 bits per heavy atom. The van der Waals surface area contributed by atoms with E-state index in [-0.39, 0.29) is 17.4 Å². The first-order valence-corrected chi connectivity index (χ1v) is 6.10. The van der Waals surface area contributed by atoms with Crippen LogP contribution < -0.4 is 15.6 Å². The third-order valence-corrected chi connectivity index (χ3v) is 2.91. The summed E-state index contributed by atoms with van der Waals surface area (Å²) in [6, 6.07) is 4.62. The minimum atomic E-state index is -0.603. The van der Waals surface area contributed by atoms with Crippen LogP contribution in [0.3, 0.4) is 0 Å². The van der Waals surface area contributed by atoms with Gasteiger partial charge in [0.15, 0.2) is 11.5 Å². The molecular weight excluding hydrogens is 276 g/mol. The van der Waals surface area contributed by atoms with Gasteiger partial charge in [0.25, 0.3) is 5.91 Å². The maximum absolute atomic E-state index is 11.8. The molecular formula is C13H14N4O4. The van der Waals surface area contributed by atoms with Crippen molar-refractivity contribution in [2.24, 2.45) is 16.1 Å². The van der Waals surface area contributed by atoms with E-state index in [4.69, 9.17) is 4.74 Å². The van der Waals surface area contributed by atoms with Crippen molar-refractivity contribution >= 4 is 23.7 Å². The zero-order valence-corrected chi connectivity index (χ0v) is 11.5. The molecule has 0 spiro atoms. The highest BCUT2D eigenvalue weighted by molar-refractivity contribution is 6.44. The highest BCUT2D eigenvalue weighted by Gasteiger charge is 2.30. The molecule has 1 aromatic carbocycles. The van der Waals surface area contributed by atoms with Gasteiger partial charge < -0.3 is 9.84 Å². The van der Waals surface area contributed by atoms with Crippen molar-refractivity contribution in [3.8, 4) is 11.5 Å². The van der Waals surface area contributed by atoms with Crippen molar-refractivity contribution in [2.75, 3.05) is 7.11 Å². The van der Waals surface area contributed by atoms with Gasteiger partial charge in [-0.05, 0) is 30.7 Å². The lowest BCUT2D eigenvalue weighted by atomic mass is 10.1. The Hall–Kier alpha value is -2.90. The van der Waals surface area contributed by atoms with Crippen LogP contribution in [-0.4, -0.2) is 36.0 Å². The van der Waals surface area contributed by atoms with Crippen LogP contribution in [0.25, 0.3) is 0 Å². The van der Waals surface area contributed by atoms with Crippen LogP contribution in [0.5, 0.6) is 11.5 Å². The molecule has 1 atom stereocenters. The summed E-state index contributed by atoms with van der Waals surface area (Å²) in [5, 5.41) is 16.9. The molecule has 3 N–H and O–H groups in total. The van der Waals surface area contributed by atoms with Crippen molar-refractivity contribution in [3.63, 3.8) is 0 Å². The Balaban J connectivity index is 2.00. The first-order valence-electron chi connectivity index (χ1n) is 6.10. The fourth-order valence-electron chi connectivity index (χ4n) is 1.68. The molecule has 110 valence electrons. The Bertz CT molecular complexity index is 639. The van der Waals surface area contributed by atoms with Crippen LogP contribution in [0.4, 0.5) is 0 Å². The molecule has 0 saturated heterocycles. The number of hydrogen-bond acceptors (Lipinski definition) is 6. The fraction of sp³-hybridized carbons (Fsp3) is 0.231. The van der Waals surface area contributed by atoms with Crippen LogP contribution in [0.1, 0.15) is 12.5 Å². The molecule has 21 heavy (non-hydrogen) atoms. The van der Waals surface area contributed by atoms with Crippen molar-refractivity contribution in [1.29, 1.82) is 0 Å². The quantitative estimate of drug-likeness (QED) is 0.534. The predicted molar refractivity (Wildman–Crippen MR) is 75.1 cm³/mol. The Labute approximate surface area is 120 Å². The third-order valence-electron chi connectivity index (χ3n) is 2.91. The number of carbonyl (C=O) groups is 2. The van der Waals surface area contributed by atoms with Gasteiger partial charge in [0.05, 0.1) is 19.2 Å². The monoisotopic (exact) mass is 290 g/mol. The molecule has 0 aliphatic carbocycles. The van der Waals surface area contributed by atoms with Gasteiger partial charge in [-0.2, -0.15) is 10.2 Å². The summed E-state index contributed by atoms with van der Waals surface area (Å²) < 4.78 is 4.96. The van der Waals surface area contributed by atoms with E-state index < -0.39 is 11.8 Å². The number of methoxy groups -OCH3 is 1. The summed E-state index contributed by atoms with van der Waals surface area (Å²) >= 11 is 0. The zero-order chi connectivity index (χ0) is 15.4. The number of carbonyl (C=O) groups excluding carboxylic acids is 2. The molecule has 8 heteroatoms.